The molecule has 7 aromatic carbocycles. The Labute approximate surface area is 262 Å². The summed E-state index contributed by atoms with van der Waals surface area (Å²) in [7, 11) is 0. The number of furan rings is 1. The van der Waals surface area contributed by atoms with E-state index in [0.717, 1.165) is 39.0 Å². The third kappa shape index (κ3) is 3.82. The number of anilines is 3. The molecule has 0 fully saturated rings. The summed E-state index contributed by atoms with van der Waals surface area (Å²) in [5.74, 6) is 0. The summed E-state index contributed by atoms with van der Waals surface area (Å²) in [5, 5.41) is 4.72. The van der Waals surface area contributed by atoms with Crippen LogP contribution in [0.5, 0.6) is 0 Å². The van der Waals surface area contributed by atoms with Crippen LogP contribution in [0, 0.1) is 0 Å². The Morgan fingerprint density at radius 1 is 0.467 bits per heavy atom. The fourth-order valence-electron chi connectivity index (χ4n) is 7.55. The molecule has 0 radical (unpaired) electrons. The number of hydrogen-bond acceptors (Lipinski definition) is 2. The van der Waals surface area contributed by atoms with Crippen LogP contribution in [0.2, 0.25) is 0 Å². The van der Waals surface area contributed by atoms with Crippen LogP contribution in [-0.4, -0.2) is 0 Å². The fourth-order valence-corrected chi connectivity index (χ4v) is 7.55. The third-order valence-electron chi connectivity index (χ3n) is 9.66. The molecule has 2 nitrogen and oxygen atoms in total. The zero-order valence-electron chi connectivity index (χ0n) is 25.3. The zero-order chi connectivity index (χ0) is 30.1. The molecule has 1 heterocycles. The van der Waals surface area contributed by atoms with Gasteiger partial charge < -0.3 is 9.32 Å². The lowest BCUT2D eigenvalue weighted by atomic mass is 9.82. The van der Waals surface area contributed by atoms with Crippen LogP contribution < -0.4 is 4.90 Å². The van der Waals surface area contributed by atoms with Crippen molar-refractivity contribution in [1.29, 1.82) is 0 Å². The minimum atomic E-state index is -0.0899. The Bertz CT molecular complexity index is 2410. The molecule has 0 bridgehead atoms. The van der Waals surface area contributed by atoms with Gasteiger partial charge in [-0.3, -0.25) is 0 Å². The van der Waals surface area contributed by atoms with E-state index < -0.39 is 0 Å². The highest BCUT2D eigenvalue weighted by Crippen LogP contribution is 2.51. The van der Waals surface area contributed by atoms with Crippen molar-refractivity contribution in [3.8, 4) is 22.3 Å². The predicted octanol–water partition coefficient (Wildman–Crippen LogP) is 12.2. The molecule has 1 aliphatic carbocycles. The Hall–Kier alpha value is -5.60. The second kappa shape index (κ2) is 9.70. The van der Waals surface area contributed by atoms with Crippen molar-refractivity contribution in [2.75, 3.05) is 4.90 Å². The molecular formula is C43H31NO. The van der Waals surface area contributed by atoms with Crippen LogP contribution in [0.4, 0.5) is 17.1 Å². The van der Waals surface area contributed by atoms with Gasteiger partial charge >= 0.3 is 0 Å². The summed E-state index contributed by atoms with van der Waals surface area (Å²) in [6, 6.07) is 54.7. The van der Waals surface area contributed by atoms with Gasteiger partial charge in [0.1, 0.15) is 11.2 Å². The highest BCUT2D eigenvalue weighted by Gasteiger charge is 2.35. The molecule has 0 aliphatic heterocycles. The molecule has 2 heteroatoms. The standard InChI is InChI=1S/C43H31NO/c1-43(2)36-20-9-6-16-31(36)32-25-24-30(27-37(32)43)44(29-14-4-3-5-15-29)38-21-10-7-17-33(38)34-19-12-13-28-23-26-40-42(41(28)34)35-18-8-11-22-39(35)45-40/h3-27H,1-2H3. The summed E-state index contributed by atoms with van der Waals surface area (Å²) in [5.41, 5.74) is 12.9. The van der Waals surface area contributed by atoms with Gasteiger partial charge in [0.05, 0.1) is 5.69 Å². The molecule has 0 saturated heterocycles. The van der Waals surface area contributed by atoms with Crippen LogP contribution in [0.15, 0.2) is 156 Å². The molecular weight excluding hydrogens is 546 g/mol. The van der Waals surface area contributed by atoms with Crippen molar-refractivity contribution in [1.82, 2.24) is 0 Å². The van der Waals surface area contributed by atoms with Gasteiger partial charge in [0, 0.05) is 38.5 Å². The van der Waals surface area contributed by atoms with Gasteiger partial charge in [-0.2, -0.15) is 0 Å². The van der Waals surface area contributed by atoms with E-state index >= 15 is 0 Å². The molecule has 0 saturated carbocycles. The number of benzene rings is 7. The van der Waals surface area contributed by atoms with Gasteiger partial charge in [-0.05, 0) is 75.7 Å². The molecule has 1 aromatic heterocycles. The monoisotopic (exact) mass is 577 g/mol. The van der Waals surface area contributed by atoms with Crippen LogP contribution in [0.1, 0.15) is 25.0 Å². The molecule has 214 valence electrons. The minimum absolute atomic E-state index is 0.0899. The molecule has 0 N–H and O–H groups in total. The summed E-state index contributed by atoms with van der Waals surface area (Å²) >= 11 is 0. The van der Waals surface area contributed by atoms with E-state index in [1.54, 1.807) is 0 Å². The van der Waals surface area contributed by atoms with Crippen LogP contribution in [-0.2, 0) is 5.41 Å². The van der Waals surface area contributed by atoms with Gasteiger partial charge in [0.2, 0.25) is 0 Å². The molecule has 0 unspecified atom stereocenters. The van der Waals surface area contributed by atoms with Gasteiger partial charge in [0.15, 0.2) is 0 Å². The Balaban J connectivity index is 1.31. The SMILES string of the molecule is CC1(C)c2ccccc2-c2ccc(N(c3ccccc3)c3ccccc3-c3cccc4ccc5oc6ccccc6c5c34)cc21. The highest BCUT2D eigenvalue weighted by molar-refractivity contribution is 6.23. The lowest BCUT2D eigenvalue weighted by Crippen LogP contribution is -2.16. The zero-order valence-corrected chi connectivity index (χ0v) is 25.3. The van der Waals surface area contributed by atoms with E-state index in [2.05, 4.69) is 164 Å². The first kappa shape index (κ1) is 25.9. The van der Waals surface area contributed by atoms with Gasteiger partial charge in [-0.25, -0.2) is 0 Å². The van der Waals surface area contributed by atoms with Crippen LogP contribution in [0.25, 0.3) is 55.0 Å². The Morgan fingerprint density at radius 3 is 2.07 bits per heavy atom. The second-order valence-corrected chi connectivity index (χ2v) is 12.5. The predicted molar refractivity (Wildman–Crippen MR) is 189 cm³/mol. The molecule has 1 aliphatic rings. The third-order valence-corrected chi connectivity index (χ3v) is 9.66. The molecule has 0 atom stereocenters. The van der Waals surface area contributed by atoms with E-state index in [1.807, 2.05) is 6.07 Å². The minimum Gasteiger partial charge on any atom is -0.456 e. The number of para-hydroxylation sites is 3. The van der Waals surface area contributed by atoms with Crippen LogP contribution >= 0.6 is 0 Å². The Kier molecular flexibility index (Phi) is 5.58. The average Bonchev–Trinajstić information content (AvgIpc) is 3.58. The molecule has 8 aromatic rings. The topological polar surface area (TPSA) is 16.4 Å². The van der Waals surface area contributed by atoms with Crippen molar-refractivity contribution in [3.05, 3.63) is 163 Å². The lowest BCUT2D eigenvalue weighted by molar-refractivity contribution is 0.660. The normalized spacial score (nSPS) is 13.3. The molecule has 9 rings (SSSR count). The number of fused-ring (bicyclic) bond motifs is 8. The first-order valence-electron chi connectivity index (χ1n) is 15.6. The Morgan fingerprint density at radius 2 is 1.18 bits per heavy atom. The van der Waals surface area contributed by atoms with Crippen molar-refractivity contribution < 1.29 is 4.42 Å². The van der Waals surface area contributed by atoms with Crippen molar-refractivity contribution in [2.24, 2.45) is 0 Å². The summed E-state index contributed by atoms with van der Waals surface area (Å²) < 4.78 is 6.35. The fraction of sp³-hybridized carbons (Fsp3) is 0.0698. The maximum absolute atomic E-state index is 6.35. The van der Waals surface area contributed by atoms with E-state index in [-0.39, 0.29) is 5.41 Å². The lowest BCUT2D eigenvalue weighted by Gasteiger charge is -2.30. The van der Waals surface area contributed by atoms with E-state index in [1.165, 1.54) is 44.2 Å². The maximum atomic E-state index is 6.35. The number of hydrogen-bond donors (Lipinski definition) is 0. The largest absolute Gasteiger partial charge is 0.456 e. The summed E-state index contributed by atoms with van der Waals surface area (Å²) in [6.07, 6.45) is 0. The number of nitrogens with zero attached hydrogens (tertiary/aromatic N) is 1. The molecule has 45 heavy (non-hydrogen) atoms. The maximum Gasteiger partial charge on any atom is 0.136 e. The average molecular weight is 578 g/mol. The quantitative estimate of drug-likeness (QED) is 0.207. The van der Waals surface area contributed by atoms with E-state index in [9.17, 15) is 0 Å². The second-order valence-electron chi connectivity index (χ2n) is 12.5. The first-order chi connectivity index (χ1) is 22.1. The number of rotatable bonds is 4. The molecule has 0 amide bonds. The summed E-state index contributed by atoms with van der Waals surface area (Å²) in [6.45, 7) is 4.69. The van der Waals surface area contributed by atoms with E-state index in [0.29, 0.717) is 0 Å². The van der Waals surface area contributed by atoms with Crippen molar-refractivity contribution in [3.63, 3.8) is 0 Å². The van der Waals surface area contributed by atoms with E-state index in [4.69, 9.17) is 4.42 Å². The summed E-state index contributed by atoms with van der Waals surface area (Å²) in [4.78, 5) is 2.42. The van der Waals surface area contributed by atoms with Crippen molar-refractivity contribution in [2.45, 2.75) is 19.3 Å². The van der Waals surface area contributed by atoms with Crippen LogP contribution in [0.3, 0.4) is 0 Å². The van der Waals surface area contributed by atoms with Crippen molar-refractivity contribution >= 4 is 49.8 Å². The highest BCUT2D eigenvalue weighted by atomic mass is 16.3. The smallest absolute Gasteiger partial charge is 0.136 e. The molecule has 0 spiro atoms. The van der Waals surface area contributed by atoms with Gasteiger partial charge in [-0.15, -0.1) is 0 Å². The van der Waals surface area contributed by atoms with Gasteiger partial charge in [0.25, 0.3) is 0 Å². The first-order valence-corrected chi connectivity index (χ1v) is 15.6. The van der Waals surface area contributed by atoms with Gasteiger partial charge in [-0.1, -0.05) is 123 Å².